The van der Waals surface area contributed by atoms with Crippen molar-refractivity contribution in [1.82, 2.24) is 15.3 Å². The largest absolute Gasteiger partial charge is 0.496 e. The maximum absolute atomic E-state index is 5.34. The Morgan fingerprint density at radius 2 is 2.11 bits per heavy atom. The number of aromatic amines is 1. The molecule has 2 aromatic rings. The molecule has 4 heteroatoms. The number of hydrogen-bond donors (Lipinski definition) is 2. The summed E-state index contributed by atoms with van der Waals surface area (Å²) in [5, 5.41) is 3.33. The van der Waals surface area contributed by atoms with Crippen LogP contribution >= 0.6 is 0 Å². The van der Waals surface area contributed by atoms with Crippen LogP contribution in [0.25, 0.3) is 11.3 Å². The first kappa shape index (κ1) is 12.6. The minimum absolute atomic E-state index is 0.449. The molecule has 0 atom stereocenters. The summed E-state index contributed by atoms with van der Waals surface area (Å²) in [5.41, 5.74) is 2.01. The molecule has 0 amide bonds. The Morgan fingerprint density at radius 3 is 2.83 bits per heavy atom. The van der Waals surface area contributed by atoms with E-state index in [4.69, 9.17) is 4.74 Å². The molecular weight excluding hydrogens is 226 g/mol. The lowest BCUT2D eigenvalue weighted by molar-refractivity contribution is 0.416. The summed E-state index contributed by atoms with van der Waals surface area (Å²) in [4.78, 5) is 7.67. The number of nitrogens with one attached hydrogen (secondary N) is 2. The Bertz CT molecular complexity index is 505. The summed E-state index contributed by atoms with van der Waals surface area (Å²) in [5.74, 6) is 1.79. The van der Waals surface area contributed by atoms with Crippen LogP contribution in [0.3, 0.4) is 0 Å². The highest BCUT2D eigenvalue weighted by Crippen LogP contribution is 2.27. The molecule has 0 saturated heterocycles. The molecule has 0 spiro atoms. The van der Waals surface area contributed by atoms with Gasteiger partial charge >= 0.3 is 0 Å². The van der Waals surface area contributed by atoms with Crippen molar-refractivity contribution in [2.75, 3.05) is 7.11 Å². The fourth-order valence-corrected chi connectivity index (χ4v) is 1.76. The van der Waals surface area contributed by atoms with Gasteiger partial charge in [-0.15, -0.1) is 0 Å². The third kappa shape index (κ3) is 2.90. The molecule has 0 aliphatic heterocycles. The number of methoxy groups -OCH3 is 1. The van der Waals surface area contributed by atoms with Crippen molar-refractivity contribution in [2.45, 2.75) is 26.4 Å². The molecule has 2 rings (SSSR count). The van der Waals surface area contributed by atoms with Crippen molar-refractivity contribution >= 4 is 0 Å². The van der Waals surface area contributed by atoms with Crippen LogP contribution in [-0.4, -0.2) is 23.1 Å². The number of aromatic nitrogens is 2. The number of ether oxygens (including phenoxy) is 1. The van der Waals surface area contributed by atoms with E-state index in [-0.39, 0.29) is 0 Å². The molecule has 0 saturated carbocycles. The van der Waals surface area contributed by atoms with E-state index in [0.717, 1.165) is 29.4 Å². The first-order valence-corrected chi connectivity index (χ1v) is 6.11. The van der Waals surface area contributed by atoms with Gasteiger partial charge < -0.3 is 15.0 Å². The third-order valence-electron chi connectivity index (χ3n) is 2.70. The van der Waals surface area contributed by atoms with E-state index in [9.17, 15) is 0 Å². The molecule has 0 fully saturated rings. The van der Waals surface area contributed by atoms with Gasteiger partial charge in [-0.1, -0.05) is 26.0 Å². The predicted octanol–water partition coefficient (Wildman–Crippen LogP) is 2.58. The van der Waals surface area contributed by atoms with Crippen LogP contribution in [0.1, 0.15) is 19.7 Å². The van der Waals surface area contributed by atoms with E-state index < -0.39 is 0 Å². The lowest BCUT2D eigenvalue weighted by Crippen LogP contribution is -2.22. The van der Waals surface area contributed by atoms with Gasteiger partial charge in [0.05, 0.1) is 25.5 Å². The van der Waals surface area contributed by atoms with Crippen molar-refractivity contribution in [3.63, 3.8) is 0 Å². The first-order valence-electron chi connectivity index (χ1n) is 6.11. The molecule has 1 heterocycles. The summed E-state index contributed by atoms with van der Waals surface area (Å²) in [6.07, 6.45) is 1.84. The predicted molar refractivity (Wildman–Crippen MR) is 72.6 cm³/mol. The molecular formula is C14H19N3O. The Morgan fingerprint density at radius 1 is 1.33 bits per heavy atom. The third-order valence-corrected chi connectivity index (χ3v) is 2.70. The van der Waals surface area contributed by atoms with Gasteiger partial charge in [-0.25, -0.2) is 4.98 Å². The Kier molecular flexibility index (Phi) is 3.99. The number of para-hydroxylation sites is 1. The van der Waals surface area contributed by atoms with Crippen LogP contribution in [0.5, 0.6) is 5.75 Å². The molecule has 4 nitrogen and oxygen atoms in total. The van der Waals surface area contributed by atoms with Gasteiger partial charge in [0.1, 0.15) is 11.6 Å². The zero-order valence-corrected chi connectivity index (χ0v) is 11.0. The Hall–Kier alpha value is -1.81. The quantitative estimate of drug-likeness (QED) is 0.851. The van der Waals surface area contributed by atoms with Crippen molar-refractivity contribution in [1.29, 1.82) is 0 Å². The van der Waals surface area contributed by atoms with E-state index in [1.807, 2.05) is 30.5 Å². The zero-order valence-electron chi connectivity index (χ0n) is 11.0. The summed E-state index contributed by atoms with van der Waals surface area (Å²) in [7, 11) is 1.68. The normalized spacial score (nSPS) is 10.9. The average molecular weight is 245 g/mol. The molecule has 0 bridgehead atoms. The molecule has 0 unspecified atom stereocenters. The average Bonchev–Trinajstić information content (AvgIpc) is 2.85. The first-order chi connectivity index (χ1) is 8.70. The molecule has 1 aromatic heterocycles. The zero-order chi connectivity index (χ0) is 13.0. The number of H-pyrrole nitrogens is 1. The van der Waals surface area contributed by atoms with Crippen LogP contribution in [0.4, 0.5) is 0 Å². The topological polar surface area (TPSA) is 49.9 Å². The Balaban J connectivity index is 2.18. The number of benzene rings is 1. The van der Waals surface area contributed by atoms with Crippen LogP contribution in [0.2, 0.25) is 0 Å². The number of imidazole rings is 1. The molecule has 2 N–H and O–H groups in total. The number of nitrogens with zero attached hydrogens (tertiary/aromatic N) is 1. The summed E-state index contributed by atoms with van der Waals surface area (Å²) in [6, 6.07) is 8.36. The van der Waals surface area contributed by atoms with Crippen LogP contribution < -0.4 is 10.1 Å². The summed E-state index contributed by atoms with van der Waals surface area (Å²) in [6.45, 7) is 4.97. The second-order valence-corrected chi connectivity index (χ2v) is 4.48. The summed E-state index contributed by atoms with van der Waals surface area (Å²) >= 11 is 0. The van der Waals surface area contributed by atoms with Gasteiger partial charge in [-0.2, -0.15) is 0 Å². The smallest absolute Gasteiger partial charge is 0.128 e. The Labute approximate surface area is 107 Å². The van der Waals surface area contributed by atoms with E-state index >= 15 is 0 Å². The highest BCUT2D eigenvalue weighted by Gasteiger charge is 2.08. The lowest BCUT2D eigenvalue weighted by atomic mass is 10.1. The molecule has 18 heavy (non-hydrogen) atoms. The van der Waals surface area contributed by atoms with Gasteiger partial charge in [0.2, 0.25) is 0 Å². The second-order valence-electron chi connectivity index (χ2n) is 4.48. The number of rotatable bonds is 5. The molecule has 0 aliphatic carbocycles. The second kappa shape index (κ2) is 5.69. The van der Waals surface area contributed by atoms with Gasteiger partial charge in [0.15, 0.2) is 0 Å². The van der Waals surface area contributed by atoms with E-state index in [2.05, 4.69) is 29.1 Å². The van der Waals surface area contributed by atoms with Crippen molar-refractivity contribution in [2.24, 2.45) is 0 Å². The minimum Gasteiger partial charge on any atom is -0.496 e. The van der Waals surface area contributed by atoms with E-state index in [1.54, 1.807) is 7.11 Å². The molecule has 96 valence electrons. The standard InChI is InChI=1S/C14H19N3O/c1-10(2)15-9-14-16-8-12(17-14)11-6-4-5-7-13(11)18-3/h4-8,10,15H,9H2,1-3H3,(H,16,17). The highest BCUT2D eigenvalue weighted by molar-refractivity contribution is 5.66. The van der Waals surface area contributed by atoms with Crippen molar-refractivity contribution in [3.05, 3.63) is 36.3 Å². The maximum atomic E-state index is 5.34. The van der Waals surface area contributed by atoms with E-state index in [1.165, 1.54) is 0 Å². The van der Waals surface area contributed by atoms with Crippen LogP contribution in [0, 0.1) is 0 Å². The highest BCUT2D eigenvalue weighted by atomic mass is 16.5. The number of hydrogen-bond acceptors (Lipinski definition) is 3. The summed E-state index contributed by atoms with van der Waals surface area (Å²) < 4.78 is 5.34. The van der Waals surface area contributed by atoms with Crippen LogP contribution in [0.15, 0.2) is 30.5 Å². The SMILES string of the molecule is COc1ccccc1-c1cnc(CNC(C)C)[nH]1. The molecule has 0 aliphatic rings. The van der Waals surface area contributed by atoms with Gasteiger partial charge in [0.25, 0.3) is 0 Å². The molecule has 0 radical (unpaired) electrons. The lowest BCUT2D eigenvalue weighted by Gasteiger charge is -2.06. The van der Waals surface area contributed by atoms with Gasteiger partial charge in [-0.3, -0.25) is 0 Å². The maximum Gasteiger partial charge on any atom is 0.128 e. The van der Waals surface area contributed by atoms with Crippen molar-refractivity contribution in [3.8, 4) is 17.0 Å². The fraction of sp³-hybridized carbons (Fsp3) is 0.357. The minimum atomic E-state index is 0.449. The van der Waals surface area contributed by atoms with Crippen molar-refractivity contribution < 1.29 is 4.74 Å². The monoisotopic (exact) mass is 245 g/mol. The van der Waals surface area contributed by atoms with E-state index in [0.29, 0.717) is 6.04 Å². The van der Waals surface area contributed by atoms with Crippen LogP contribution in [-0.2, 0) is 6.54 Å². The fourth-order valence-electron chi connectivity index (χ4n) is 1.76. The molecule has 1 aromatic carbocycles. The van der Waals surface area contributed by atoms with Gasteiger partial charge in [-0.05, 0) is 12.1 Å². The van der Waals surface area contributed by atoms with Gasteiger partial charge in [0, 0.05) is 11.6 Å².